The van der Waals surface area contributed by atoms with Crippen LogP contribution < -0.4 is 5.32 Å². The number of morpholine rings is 1. The van der Waals surface area contributed by atoms with Gasteiger partial charge in [-0.05, 0) is 36.4 Å². The Morgan fingerprint density at radius 2 is 1.61 bits per heavy atom. The molecular formula is C28H26Cl2N4O2. The van der Waals surface area contributed by atoms with Crippen molar-refractivity contribution in [2.75, 3.05) is 39.4 Å². The highest BCUT2D eigenvalue weighted by Crippen LogP contribution is 2.35. The summed E-state index contributed by atoms with van der Waals surface area (Å²) < 4.78 is 7.41. The molecule has 1 amide bonds. The number of imidazole rings is 1. The van der Waals surface area contributed by atoms with E-state index >= 15 is 0 Å². The minimum atomic E-state index is -0.233. The molecule has 2 heterocycles. The predicted molar refractivity (Wildman–Crippen MR) is 144 cm³/mol. The van der Waals surface area contributed by atoms with Crippen molar-refractivity contribution in [3.63, 3.8) is 0 Å². The van der Waals surface area contributed by atoms with E-state index in [9.17, 15) is 4.79 Å². The smallest absolute Gasteiger partial charge is 0.272 e. The number of nitrogens with zero attached hydrogens (tertiary/aromatic N) is 3. The van der Waals surface area contributed by atoms with Crippen LogP contribution in [-0.4, -0.2) is 59.8 Å². The molecule has 36 heavy (non-hydrogen) atoms. The lowest BCUT2D eigenvalue weighted by Crippen LogP contribution is -2.41. The van der Waals surface area contributed by atoms with Crippen molar-refractivity contribution in [2.45, 2.75) is 0 Å². The molecule has 3 aromatic carbocycles. The summed E-state index contributed by atoms with van der Waals surface area (Å²) in [5, 5.41) is 4.28. The molecule has 1 aliphatic heterocycles. The maximum Gasteiger partial charge on any atom is 0.272 e. The summed E-state index contributed by atoms with van der Waals surface area (Å²) in [4.78, 5) is 20.7. The van der Waals surface area contributed by atoms with Crippen LogP contribution in [0.1, 0.15) is 10.5 Å². The first-order chi connectivity index (χ1) is 17.6. The highest BCUT2D eigenvalue weighted by molar-refractivity contribution is 6.31. The summed E-state index contributed by atoms with van der Waals surface area (Å²) in [6, 6.07) is 24.8. The molecule has 1 aliphatic rings. The summed E-state index contributed by atoms with van der Waals surface area (Å²) in [6.45, 7) is 4.45. The lowest BCUT2D eigenvalue weighted by atomic mass is 10.1. The quantitative estimate of drug-likeness (QED) is 0.345. The molecule has 1 saturated heterocycles. The number of rotatable bonds is 7. The Balaban J connectivity index is 1.60. The summed E-state index contributed by atoms with van der Waals surface area (Å²) in [7, 11) is 0. The Morgan fingerprint density at radius 3 is 2.33 bits per heavy atom. The number of hydrogen-bond acceptors (Lipinski definition) is 4. The highest BCUT2D eigenvalue weighted by atomic mass is 35.5. The van der Waals surface area contributed by atoms with Crippen LogP contribution in [0.2, 0.25) is 10.0 Å². The minimum Gasteiger partial charge on any atom is -0.379 e. The van der Waals surface area contributed by atoms with Crippen molar-refractivity contribution in [1.29, 1.82) is 0 Å². The zero-order valence-corrected chi connectivity index (χ0v) is 21.2. The molecule has 184 valence electrons. The Labute approximate surface area is 220 Å². The predicted octanol–water partition coefficient (Wildman–Crippen LogP) is 5.58. The molecule has 0 saturated carbocycles. The SMILES string of the molecule is O=C(NCCN1CCOCC1)c1nc(-c2ccccc2)n(-c2ccc(Cl)cc2)c1-c1cccc(Cl)c1. The summed E-state index contributed by atoms with van der Waals surface area (Å²) in [6.07, 6.45) is 0. The molecule has 8 heteroatoms. The lowest BCUT2D eigenvalue weighted by Gasteiger charge is -2.26. The number of halogens is 2. The molecule has 4 aromatic rings. The fourth-order valence-electron chi connectivity index (χ4n) is 4.34. The number of carbonyl (C=O) groups excluding carboxylic acids is 1. The molecule has 0 radical (unpaired) electrons. The molecule has 0 unspecified atom stereocenters. The summed E-state index contributed by atoms with van der Waals surface area (Å²) in [5.74, 6) is 0.425. The third-order valence-electron chi connectivity index (χ3n) is 6.12. The third kappa shape index (κ3) is 5.47. The maximum atomic E-state index is 13.6. The fraction of sp³-hybridized carbons (Fsp3) is 0.214. The monoisotopic (exact) mass is 520 g/mol. The van der Waals surface area contributed by atoms with Crippen molar-refractivity contribution in [1.82, 2.24) is 19.8 Å². The zero-order chi connectivity index (χ0) is 24.9. The van der Waals surface area contributed by atoms with Gasteiger partial charge in [0.1, 0.15) is 5.82 Å². The van der Waals surface area contributed by atoms with Gasteiger partial charge < -0.3 is 10.1 Å². The van der Waals surface area contributed by atoms with E-state index in [1.165, 1.54) is 0 Å². The van der Waals surface area contributed by atoms with E-state index in [0.717, 1.165) is 49.7 Å². The van der Waals surface area contributed by atoms with E-state index in [2.05, 4.69) is 10.2 Å². The Hall–Kier alpha value is -3.16. The molecule has 0 aliphatic carbocycles. The van der Waals surface area contributed by atoms with Gasteiger partial charge in [0.15, 0.2) is 5.69 Å². The first-order valence-corrected chi connectivity index (χ1v) is 12.6. The van der Waals surface area contributed by atoms with Crippen molar-refractivity contribution in [3.8, 4) is 28.3 Å². The van der Waals surface area contributed by atoms with Gasteiger partial charge in [-0.15, -0.1) is 0 Å². The van der Waals surface area contributed by atoms with E-state index in [1.54, 1.807) is 0 Å². The lowest BCUT2D eigenvalue weighted by molar-refractivity contribution is 0.0383. The average Bonchev–Trinajstić information content (AvgIpc) is 3.31. The molecule has 0 bridgehead atoms. The summed E-state index contributed by atoms with van der Waals surface area (Å²) in [5.41, 5.74) is 3.54. The maximum absolute atomic E-state index is 13.6. The Bertz CT molecular complexity index is 1330. The molecule has 5 rings (SSSR count). The van der Waals surface area contributed by atoms with E-state index in [-0.39, 0.29) is 5.91 Å². The first kappa shape index (κ1) is 24.5. The van der Waals surface area contributed by atoms with Gasteiger partial charge in [-0.1, -0.05) is 65.7 Å². The normalized spacial score (nSPS) is 14.1. The molecule has 0 atom stereocenters. The standard InChI is InChI=1S/C28H26Cl2N4O2/c29-22-9-11-24(12-10-22)34-26(21-7-4-8-23(30)19-21)25(32-27(34)20-5-2-1-3-6-20)28(35)31-13-14-33-15-17-36-18-16-33/h1-12,19H,13-18H2,(H,31,35). The highest BCUT2D eigenvalue weighted by Gasteiger charge is 2.26. The van der Waals surface area contributed by atoms with Crippen molar-refractivity contribution in [3.05, 3.63) is 94.6 Å². The molecule has 1 fully saturated rings. The zero-order valence-electron chi connectivity index (χ0n) is 19.7. The van der Waals surface area contributed by atoms with Gasteiger partial charge in [-0.2, -0.15) is 0 Å². The minimum absolute atomic E-state index is 0.233. The molecule has 6 nitrogen and oxygen atoms in total. The Kier molecular flexibility index (Phi) is 7.68. The summed E-state index contributed by atoms with van der Waals surface area (Å²) >= 11 is 12.6. The second kappa shape index (κ2) is 11.3. The van der Waals surface area contributed by atoms with Crippen molar-refractivity contribution >= 4 is 29.1 Å². The van der Waals surface area contributed by atoms with Gasteiger partial charge >= 0.3 is 0 Å². The van der Waals surface area contributed by atoms with E-state index in [1.807, 2.05) is 83.4 Å². The molecule has 1 aromatic heterocycles. The van der Waals surface area contributed by atoms with Gasteiger partial charge in [0.05, 0.1) is 18.9 Å². The van der Waals surface area contributed by atoms with Crippen LogP contribution in [0.25, 0.3) is 28.3 Å². The number of carbonyl (C=O) groups is 1. The number of aromatic nitrogens is 2. The molecule has 0 spiro atoms. The van der Waals surface area contributed by atoms with Gasteiger partial charge in [0.25, 0.3) is 5.91 Å². The number of hydrogen-bond donors (Lipinski definition) is 1. The van der Waals surface area contributed by atoms with E-state index < -0.39 is 0 Å². The van der Waals surface area contributed by atoms with Gasteiger partial charge in [0.2, 0.25) is 0 Å². The van der Waals surface area contributed by atoms with Crippen LogP contribution in [0.4, 0.5) is 0 Å². The average molecular weight is 521 g/mol. The van der Waals surface area contributed by atoms with Crippen LogP contribution >= 0.6 is 23.2 Å². The second-order valence-electron chi connectivity index (χ2n) is 8.53. The van der Waals surface area contributed by atoms with Gasteiger partial charge in [-0.3, -0.25) is 14.3 Å². The van der Waals surface area contributed by atoms with E-state index in [0.29, 0.717) is 33.8 Å². The number of ether oxygens (including phenoxy) is 1. The number of amides is 1. The number of benzene rings is 3. The number of nitrogens with one attached hydrogen (secondary N) is 1. The second-order valence-corrected chi connectivity index (χ2v) is 9.40. The third-order valence-corrected chi connectivity index (χ3v) is 6.61. The van der Waals surface area contributed by atoms with Crippen LogP contribution in [0.3, 0.4) is 0 Å². The molecular weight excluding hydrogens is 495 g/mol. The largest absolute Gasteiger partial charge is 0.379 e. The Morgan fingerprint density at radius 1 is 0.889 bits per heavy atom. The van der Waals surface area contributed by atoms with E-state index in [4.69, 9.17) is 32.9 Å². The van der Waals surface area contributed by atoms with Crippen LogP contribution in [0.5, 0.6) is 0 Å². The van der Waals surface area contributed by atoms with Gasteiger partial charge in [-0.25, -0.2) is 4.98 Å². The van der Waals surface area contributed by atoms with Crippen LogP contribution in [-0.2, 0) is 4.74 Å². The van der Waals surface area contributed by atoms with Crippen LogP contribution in [0, 0.1) is 0 Å². The van der Waals surface area contributed by atoms with Gasteiger partial charge in [0, 0.05) is 53.0 Å². The molecule has 1 N–H and O–H groups in total. The topological polar surface area (TPSA) is 59.4 Å². The van der Waals surface area contributed by atoms with Crippen LogP contribution in [0.15, 0.2) is 78.9 Å². The fourth-order valence-corrected chi connectivity index (χ4v) is 4.66. The van der Waals surface area contributed by atoms with Crippen molar-refractivity contribution < 1.29 is 9.53 Å². The van der Waals surface area contributed by atoms with Crippen molar-refractivity contribution in [2.24, 2.45) is 0 Å². The first-order valence-electron chi connectivity index (χ1n) is 11.9.